The minimum atomic E-state index is -1.42. The van der Waals surface area contributed by atoms with Gasteiger partial charge < -0.3 is 5.11 Å². The third-order valence-electron chi connectivity index (χ3n) is 2.87. The lowest BCUT2D eigenvalue weighted by Gasteiger charge is -2.36. The van der Waals surface area contributed by atoms with E-state index in [4.69, 9.17) is 16.7 Å². The van der Waals surface area contributed by atoms with Gasteiger partial charge in [-0.05, 0) is 6.07 Å². The molecule has 0 aromatic heterocycles. The molecule has 0 atom stereocenters. The maximum absolute atomic E-state index is 13.7. The fourth-order valence-electron chi connectivity index (χ4n) is 1.95. The average molecular weight is 243 g/mol. The Hall–Kier alpha value is -1.42. The van der Waals surface area contributed by atoms with Gasteiger partial charge in [-0.1, -0.05) is 23.7 Å². The van der Waals surface area contributed by atoms with E-state index in [9.17, 15) is 14.0 Å². The second kappa shape index (κ2) is 3.56. The predicted molar refractivity (Wildman–Crippen MR) is 55.0 cm³/mol. The molecule has 1 aliphatic carbocycles. The second-order valence-electron chi connectivity index (χ2n) is 3.88. The molecule has 0 radical (unpaired) electrons. The zero-order valence-corrected chi connectivity index (χ0v) is 8.92. The molecule has 1 saturated carbocycles. The number of carboxylic acid groups (broad SMARTS) is 1. The molecule has 2 rings (SSSR count). The number of aliphatic carboxylic acids is 1. The van der Waals surface area contributed by atoms with Gasteiger partial charge in [-0.3, -0.25) is 9.59 Å². The van der Waals surface area contributed by atoms with Gasteiger partial charge in [-0.25, -0.2) is 4.39 Å². The molecule has 1 aliphatic rings. The van der Waals surface area contributed by atoms with E-state index in [1.807, 2.05) is 0 Å². The Morgan fingerprint density at radius 3 is 2.56 bits per heavy atom. The van der Waals surface area contributed by atoms with Crippen molar-refractivity contribution in [3.8, 4) is 0 Å². The van der Waals surface area contributed by atoms with Gasteiger partial charge in [0.1, 0.15) is 17.0 Å². The fraction of sp³-hybridized carbons (Fsp3) is 0.273. The molecular formula is C11H8ClFO3. The molecule has 16 heavy (non-hydrogen) atoms. The van der Waals surface area contributed by atoms with Crippen molar-refractivity contribution in [2.24, 2.45) is 0 Å². The van der Waals surface area contributed by atoms with Gasteiger partial charge in [0.2, 0.25) is 0 Å². The predicted octanol–water partition coefficient (Wildman–Crippen LogP) is 2.16. The van der Waals surface area contributed by atoms with Gasteiger partial charge >= 0.3 is 5.97 Å². The van der Waals surface area contributed by atoms with Crippen LogP contribution in [-0.2, 0) is 15.0 Å². The van der Waals surface area contributed by atoms with Gasteiger partial charge in [-0.2, -0.15) is 0 Å². The number of hydrogen-bond acceptors (Lipinski definition) is 2. The normalized spacial score (nSPS) is 18.0. The topological polar surface area (TPSA) is 54.4 Å². The molecule has 0 aliphatic heterocycles. The van der Waals surface area contributed by atoms with Crippen LogP contribution in [0.2, 0.25) is 5.02 Å². The Labute approximate surface area is 95.8 Å². The van der Waals surface area contributed by atoms with Crippen LogP contribution in [0.4, 0.5) is 4.39 Å². The van der Waals surface area contributed by atoms with Crippen molar-refractivity contribution in [2.45, 2.75) is 18.3 Å². The second-order valence-corrected chi connectivity index (χ2v) is 4.29. The first-order valence-corrected chi connectivity index (χ1v) is 5.05. The Morgan fingerprint density at radius 1 is 1.44 bits per heavy atom. The van der Waals surface area contributed by atoms with Crippen molar-refractivity contribution >= 4 is 23.4 Å². The summed E-state index contributed by atoms with van der Waals surface area (Å²) in [5.41, 5.74) is -1.43. The molecule has 1 fully saturated rings. The number of carboxylic acids is 1. The number of halogens is 2. The summed E-state index contributed by atoms with van der Waals surface area (Å²) in [6.07, 6.45) is -0.334. The summed E-state index contributed by atoms with van der Waals surface area (Å²) in [6, 6.07) is 4.19. The highest BCUT2D eigenvalue weighted by molar-refractivity contribution is 6.30. The zero-order chi connectivity index (χ0) is 11.9. The number of carbonyl (C=O) groups is 2. The number of hydrogen-bond donors (Lipinski definition) is 1. The van der Waals surface area contributed by atoms with Crippen LogP contribution in [0.3, 0.4) is 0 Å². The average Bonchev–Trinajstić information content (AvgIpc) is 2.17. The Balaban J connectivity index is 2.53. The van der Waals surface area contributed by atoms with Crippen LogP contribution >= 0.6 is 11.6 Å². The first kappa shape index (κ1) is 11.1. The molecule has 1 N–H and O–H groups in total. The third kappa shape index (κ3) is 1.41. The van der Waals surface area contributed by atoms with E-state index < -0.39 is 17.2 Å². The van der Waals surface area contributed by atoms with Crippen molar-refractivity contribution in [3.63, 3.8) is 0 Å². The van der Waals surface area contributed by atoms with E-state index in [0.717, 1.165) is 0 Å². The molecule has 1 aromatic rings. The summed E-state index contributed by atoms with van der Waals surface area (Å²) >= 11 is 5.59. The molecule has 0 unspecified atom stereocenters. The number of benzene rings is 1. The van der Waals surface area contributed by atoms with Gasteiger partial charge in [0.05, 0.1) is 5.02 Å². The summed E-state index contributed by atoms with van der Waals surface area (Å²) in [5, 5.41) is 8.98. The van der Waals surface area contributed by atoms with E-state index in [1.165, 1.54) is 18.2 Å². The maximum Gasteiger partial charge on any atom is 0.315 e. The highest BCUT2D eigenvalue weighted by atomic mass is 35.5. The molecule has 3 nitrogen and oxygen atoms in total. The molecule has 0 heterocycles. The monoisotopic (exact) mass is 242 g/mol. The van der Waals surface area contributed by atoms with Crippen LogP contribution in [0.25, 0.3) is 0 Å². The Morgan fingerprint density at radius 2 is 2.06 bits per heavy atom. The van der Waals surface area contributed by atoms with E-state index in [0.29, 0.717) is 0 Å². The van der Waals surface area contributed by atoms with Gasteiger partial charge in [0.15, 0.2) is 0 Å². The van der Waals surface area contributed by atoms with Gasteiger partial charge in [0.25, 0.3) is 0 Å². The lowest BCUT2D eigenvalue weighted by Crippen LogP contribution is -2.48. The first-order valence-electron chi connectivity index (χ1n) is 4.67. The highest BCUT2D eigenvalue weighted by Crippen LogP contribution is 2.43. The van der Waals surface area contributed by atoms with Crippen molar-refractivity contribution in [2.75, 3.05) is 0 Å². The first-order chi connectivity index (χ1) is 7.47. The standard InChI is InChI=1S/C11H8ClFO3/c12-8-3-1-2-7(9(8)13)11(10(15)16)4-6(14)5-11/h1-3H,4-5H2,(H,15,16). The minimum Gasteiger partial charge on any atom is -0.481 e. The minimum absolute atomic E-state index is 0.00731. The molecule has 0 saturated heterocycles. The summed E-state index contributed by atoms with van der Waals surface area (Å²) < 4.78 is 13.7. The van der Waals surface area contributed by atoms with Crippen LogP contribution in [0.5, 0.6) is 0 Å². The van der Waals surface area contributed by atoms with Crippen molar-refractivity contribution < 1.29 is 19.1 Å². The smallest absolute Gasteiger partial charge is 0.315 e. The van der Waals surface area contributed by atoms with Crippen LogP contribution < -0.4 is 0 Å². The number of rotatable bonds is 2. The van der Waals surface area contributed by atoms with Crippen molar-refractivity contribution in [1.29, 1.82) is 0 Å². The highest BCUT2D eigenvalue weighted by Gasteiger charge is 2.53. The third-order valence-corrected chi connectivity index (χ3v) is 3.17. The lowest BCUT2D eigenvalue weighted by atomic mass is 9.63. The molecule has 0 bridgehead atoms. The quantitative estimate of drug-likeness (QED) is 0.865. The Bertz CT molecular complexity index is 476. The van der Waals surface area contributed by atoms with Crippen LogP contribution in [0.1, 0.15) is 18.4 Å². The summed E-state index contributed by atoms with van der Waals surface area (Å²) in [6.45, 7) is 0. The van der Waals surface area contributed by atoms with Crippen molar-refractivity contribution in [3.05, 3.63) is 34.6 Å². The SMILES string of the molecule is O=C1CC(C(=O)O)(c2cccc(Cl)c2F)C1. The van der Waals surface area contributed by atoms with E-state index in [-0.39, 0.29) is 29.2 Å². The van der Waals surface area contributed by atoms with Crippen LogP contribution in [0.15, 0.2) is 18.2 Å². The van der Waals surface area contributed by atoms with E-state index in [2.05, 4.69) is 0 Å². The molecular weight excluding hydrogens is 235 g/mol. The number of Topliss-reactive ketones (excluding diaryl/α,β-unsaturated/α-hetero) is 1. The summed E-state index contributed by atoms with van der Waals surface area (Å²) in [4.78, 5) is 22.1. The molecule has 5 heteroatoms. The lowest BCUT2D eigenvalue weighted by molar-refractivity contribution is -0.153. The molecule has 1 aromatic carbocycles. The molecule has 84 valence electrons. The summed E-state index contributed by atoms with van der Waals surface area (Å²) in [5.74, 6) is -2.12. The number of carbonyl (C=O) groups excluding carboxylic acids is 1. The van der Waals surface area contributed by atoms with Crippen LogP contribution in [0, 0.1) is 5.82 Å². The van der Waals surface area contributed by atoms with E-state index in [1.54, 1.807) is 0 Å². The molecule has 0 spiro atoms. The van der Waals surface area contributed by atoms with Crippen LogP contribution in [-0.4, -0.2) is 16.9 Å². The van der Waals surface area contributed by atoms with Gasteiger partial charge in [0, 0.05) is 18.4 Å². The van der Waals surface area contributed by atoms with E-state index >= 15 is 0 Å². The zero-order valence-electron chi connectivity index (χ0n) is 8.17. The largest absolute Gasteiger partial charge is 0.481 e. The maximum atomic E-state index is 13.7. The summed E-state index contributed by atoms with van der Waals surface area (Å²) in [7, 11) is 0. The Kier molecular flexibility index (Phi) is 2.46. The van der Waals surface area contributed by atoms with Crippen molar-refractivity contribution in [1.82, 2.24) is 0 Å². The van der Waals surface area contributed by atoms with Gasteiger partial charge in [-0.15, -0.1) is 0 Å². The molecule has 0 amide bonds. The number of ketones is 1. The fourth-order valence-corrected chi connectivity index (χ4v) is 2.13.